The van der Waals surface area contributed by atoms with Crippen LogP contribution in [0.25, 0.3) is 0 Å². The van der Waals surface area contributed by atoms with Crippen molar-refractivity contribution in [2.75, 3.05) is 26.2 Å². The van der Waals surface area contributed by atoms with E-state index in [2.05, 4.69) is 22.3 Å². The molecule has 5 heteroatoms. The molecule has 1 N–H and O–H groups in total. The van der Waals surface area contributed by atoms with Crippen LogP contribution in [-0.4, -0.2) is 53.8 Å². The lowest BCUT2D eigenvalue weighted by Crippen LogP contribution is -2.56. The summed E-state index contributed by atoms with van der Waals surface area (Å²) in [7, 11) is 0. The van der Waals surface area contributed by atoms with Crippen LogP contribution in [0.1, 0.15) is 24.8 Å². The van der Waals surface area contributed by atoms with Gasteiger partial charge in [0.15, 0.2) is 0 Å². The first-order valence-electron chi connectivity index (χ1n) is 8.07. The molecule has 1 unspecified atom stereocenters. The van der Waals surface area contributed by atoms with Crippen LogP contribution in [0.15, 0.2) is 30.3 Å². The summed E-state index contributed by atoms with van der Waals surface area (Å²) in [5.41, 5.74) is 1.18. The topological polar surface area (TPSA) is 52.7 Å². The number of hydrogen-bond donors (Lipinski definition) is 1. The molecular weight excluding hydrogens is 278 g/mol. The van der Waals surface area contributed by atoms with Crippen molar-refractivity contribution in [1.29, 1.82) is 0 Å². The molecule has 5 nitrogen and oxygen atoms in total. The second-order valence-electron chi connectivity index (χ2n) is 6.05. The number of amides is 2. The van der Waals surface area contributed by atoms with Gasteiger partial charge in [-0.05, 0) is 18.4 Å². The van der Waals surface area contributed by atoms with E-state index in [-0.39, 0.29) is 17.9 Å². The van der Waals surface area contributed by atoms with E-state index < -0.39 is 0 Å². The molecule has 2 aliphatic heterocycles. The molecule has 0 bridgehead atoms. The lowest BCUT2D eigenvalue weighted by Gasteiger charge is -2.35. The van der Waals surface area contributed by atoms with Gasteiger partial charge in [0.25, 0.3) is 0 Å². The van der Waals surface area contributed by atoms with E-state index in [9.17, 15) is 9.59 Å². The largest absolute Gasteiger partial charge is 0.353 e. The molecule has 2 fully saturated rings. The number of benzene rings is 1. The second kappa shape index (κ2) is 6.92. The zero-order chi connectivity index (χ0) is 15.4. The Bertz CT molecular complexity index is 526. The van der Waals surface area contributed by atoms with Gasteiger partial charge in [-0.1, -0.05) is 30.3 Å². The van der Waals surface area contributed by atoms with Crippen LogP contribution in [0.5, 0.6) is 0 Å². The zero-order valence-electron chi connectivity index (χ0n) is 12.8. The van der Waals surface area contributed by atoms with Crippen LogP contribution < -0.4 is 5.32 Å². The molecular formula is C17H23N3O2. The van der Waals surface area contributed by atoms with Crippen LogP contribution in [0.4, 0.5) is 0 Å². The molecule has 0 aliphatic carbocycles. The van der Waals surface area contributed by atoms with Crippen LogP contribution >= 0.6 is 0 Å². The molecule has 2 aliphatic rings. The number of carbonyl (C=O) groups is 2. The second-order valence-corrected chi connectivity index (χ2v) is 6.05. The Hall–Kier alpha value is -1.88. The predicted octanol–water partition coefficient (Wildman–Crippen LogP) is 0.999. The van der Waals surface area contributed by atoms with Gasteiger partial charge in [-0.3, -0.25) is 14.5 Å². The summed E-state index contributed by atoms with van der Waals surface area (Å²) in [6.45, 7) is 3.84. The molecule has 0 saturated carbocycles. The van der Waals surface area contributed by atoms with E-state index in [1.165, 1.54) is 5.56 Å². The summed E-state index contributed by atoms with van der Waals surface area (Å²) in [4.78, 5) is 28.6. The van der Waals surface area contributed by atoms with Gasteiger partial charge in [0.05, 0.1) is 12.5 Å². The van der Waals surface area contributed by atoms with Crippen molar-refractivity contribution >= 4 is 11.8 Å². The summed E-state index contributed by atoms with van der Waals surface area (Å²) in [6, 6.07) is 9.77. The van der Waals surface area contributed by atoms with Gasteiger partial charge in [-0.2, -0.15) is 0 Å². The van der Waals surface area contributed by atoms with E-state index >= 15 is 0 Å². The first-order valence-corrected chi connectivity index (χ1v) is 8.07. The van der Waals surface area contributed by atoms with Crippen molar-refractivity contribution < 1.29 is 9.59 Å². The molecule has 2 amide bonds. The molecule has 2 heterocycles. The molecule has 0 aromatic heterocycles. The highest BCUT2D eigenvalue weighted by molar-refractivity contribution is 5.88. The molecule has 1 aromatic carbocycles. The Kier molecular flexibility index (Phi) is 4.73. The highest BCUT2D eigenvalue weighted by Crippen LogP contribution is 2.17. The maximum atomic E-state index is 12.4. The quantitative estimate of drug-likeness (QED) is 0.903. The number of hydrogen-bond acceptors (Lipinski definition) is 3. The molecule has 0 spiro atoms. The molecule has 2 saturated heterocycles. The SMILES string of the molecule is O=C1NCCN(Cc2ccccc2)C1CC(=O)N1CCCC1. The molecule has 0 radical (unpaired) electrons. The number of piperazine rings is 1. The fourth-order valence-electron chi connectivity index (χ4n) is 3.25. The monoisotopic (exact) mass is 301 g/mol. The number of nitrogens with zero attached hydrogens (tertiary/aromatic N) is 2. The van der Waals surface area contributed by atoms with Crippen molar-refractivity contribution in [2.24, 2.45) is 0 Å². The van der Waals surface area contributed by atoms with Gasteiger partial charge >= 0.3 is 0 Å². The van der Waals surface area contributed by atoms with Crippen LogP contribution in [0, 0.1) is 0 Å². The zero-order valence-corrected chi connectivity index (χ0v) is 12.8. The molecule has 3 rings (SSSR count). The summed E-state index contributed by atoms with van der Waals surface area (Å²) >= 11 is 0. The minimum Gasteiger partial charge on any atom is -0.353 e. The minimum absolute atomic E-state index is 0.0188. The lowest BCUT2D eigenvalue weighted by atomic mass is 10.1. The molecule has 22 heavy (non-hydrogen) atoms. The predicted molar refractivity (Wildman–Crippen MR) is 84.1 cm³/mol. The maximum absolute atomic E-state index is 12.4. The normalized spacial score (nSPS) is 22.6. The first-order chi connectivity index (χ1) is 10.7. The highest BCUT2D eigenvalue weighted by atomic mass is 16.2. The fraction of sp³-hybridized carbons (Fsp3) is 0.529. The standard InChI is InChI=1S/C17H23N3O2/c21-16(19-9-4-5-10-19)12-15-17(22)18-8-11-20(15)13-14-6-2-1-3-7-14/h1-3,6-7,15H,4-5,8-13H2,(H,18,22). The van der Waals surface area contributed by atoms with Crippen LogP contribution in [0.3, 0.4) is 0 Å². The van der Waals surface area contributed by atoms with E-state index in [1.807, 2.05) is 23.1 Å². The lowest BCUT2D eigenvalue weighted by molar-refractivity contribution is -0.138. The van der Waals surface area contributed by atoms with E-state index in [4.69, 9.17) is 0 Å². The van der Waals surface area contributed by atoms with E-state index in [0.29, 0.717) is 19.5 Å². The smallest absolute Gasteiger partial charge is 0.237 e. The van der Waals surface area contributed by atoms with Crippen LogP contribution in [-0.2, 0) is 16.1 Å². The molecule has 1 aromatic rings. The average Bonchev–Trinajstić information content (AvgIpc) is 3.06. The Balaban J connectivity index is 1.67. The van der Waals surface area contributed by atoms with Gasteiger partial charge < -0.3 is 10.2 Å². The van der Waals surface area contributed by atoms with Crippen molar-refractivity contribution in [1.82, 2.24) is 15.1 Å². The number of rotatable bonds is 4. The summed E-state index contributed by atoms with van der Waals surface area (Å²) < 4.78 is 0. The fourth-order valence-corrected chi connectivity index (χ4v) is 3.25. The Morgan fingerprint density at radius 1 is 1.14 bits per heavy atom. The Labute approximate surface area is 131 Å². The Morgan fingerprint density at radius 2 is 1.86 bits per heavy atom. The van der Waals surface area contributed by atoms with Gasteiger partial charge in [-0.15, -0.1) is 0 Å². The van der Waals surface area contributed by atoms with Gasteiger partial charge in [0.1, 0.15) is 0 Å². The van der Waals surface area contributed by atoms with Crippen molar-refractivity contribution in [3.05, 3.63) is 35.9 Å². The van der Waals surface area contributed by atoms with Gasteiger partial charge in [0, 0.05) is 32.7 Å². The number of carbonyl (C=O) groups excluding carboxylic acids is 2. The van der Waals surface area contributed by atoms with Crippen LogP contribution in [0.2, 0.25) is 0 Å². The van der Waals surface area contributed by atoms with Crippen molar-refractivity contribution in [2.45, 2.75) is 31.8 Å². The average molecular weight is 301 g/mol. The van der Waals surface area contributed by atoms with Crippen molar-refractivity contribution in [3.8, 4) is 0 Å². The minimum atomic E-state index is -0.345. The molecule has 1 atom stereocenters. The number of nitrogens with one attached hydrogen (secondary N) is 1. The first kappa shape index (κ1) is 15.0. The summed E-state index contributed by atoms with van der Waals surface area (Å²) in [6.07, 6.45) is 2.45. The third-order valence-corrected chi connectivity index (χ3v) is 4.50. The molecule has 118 valence electrons. The Morgan fingerprint density at radius 3 is 2.59 bits per heavy atom. The third kappa shape index (κ3) is 3.47. The van der Waals surface area contributed by atoms with E-state index in [0.717, 1.165) is 32.5 Å². The van der Waals surface area contributed by atoms with Gasteiger partial charge in [-0.25, -0.2) is 0 Å². The summed E-state index contributed by atoms with van der Waals surface area (Å²) in [5.74, 6) is 0.0901. The van der Waals surface area contributed by atoms with E-state index in [1.54, 1.807) is 0 Å². The third-order valence-electron chi connectivity index (χ3n) is 4.50. The number of likely N-dealkylation sites (tertiary alicyclic amines) is 1. The maximum Gasteiger partial charge on any atom is 0.237 e. The van der Waals surface area contributed by atoms with Crippen molar-refractivity contribution in [3.63, 3.8) is 0 Å². The highest BCUT2D eigenvalue weighted by Gasteiger charge is 2.33. The summed E-state index contributed by atoms with van der Waals surface area (Å²) in [5, 5.41) is 2.89. The van der Waals surface area contributed by atoms with Gasteiger partial charge in [0.2, 0.25) is 11.8 Å².